The van der Waals surface area contributed by atoms with E-state index in [9.17, 15) is 0 Å². The topological polar surface area (TPSA) is 63.8 Å². The molecule has 3 aromatic rings. The van der Waals surface area contributed by atoms with Gasteiger partial charge in [0.05, 0.1) is 11.1 Å². The maximum atomic E-state index is 5.40. The van der Waals surface area contributed by atoms with Crippen LogP contribution < -0.4 is 5.32 Å². The van der Waals surface area contributed by atoms with E-state index in [2.05, 4.69) is 53.6 Å². The summed E-state index contributed by atoms with van der Waals surface area (Å²) in [5, 5.41) is 8.93. The fourth-order valence-corrected chi connectivity index (χ4v) is 3.52. The van der Waals surface area contributed by atoms with Gasteiger partial charge < -0.3 is 9.84 Å². The second-order valence-corrected chi connectivity index (χ2v) is 6.97. The highest BCUT2D eigenvalue weighted by atomic mass is 16.5. The number of fused-ring (bicyclic) bond motifs is 1. The Hall–Kier alpha value is -2.43. The molecule has 0 saturated heterocycles. The van der Waals surface area contributed by atoms with Crippen molar-refractivity contribution < 1.29 is 4.52 Å². The van der Waals surface area contributed by atoms with Crippen LogP contribution in [0.15, 0.2) is 28.8 Å². The predicted octanol–water partition coefficient (Wildman–Crippen LogP) is 4.90. The summed E-state index contributed by atoms with van der Waals surface area (Å²) in [5.74, 6) is 2.18. The Morgan fingerprint density at radius 1 is 1.16 bits per heavy atom. The smallest absolute Gasteiger partial charge is 0.226 e. The summed E-state index contributed by atoms with van der Waals surface area (Å²) in [6.45, 7) is 4.20. The molecule has 0 spiro atoms. The fraction of sp³-hybridized carbons (Fsp3) is 0.450. The van der Waals surface area contributed by atoms with Gasteiger partial charge in [0.1, 0.15) is 5.82 Å². The zero-order valence-electron chi connectivity index (χ0n) is 14.9. The van der Waals surface area contributed by atoms with Crippen LogP contribution in [0.2, 0.25) is 0 Å². The van der Waals surface area contributed by atoms with E-state index in [4.69, 9.17) is 9.51 Å². The third kappa shape index (κ3) is 3.36. The monoisotopic (exact) mass is 336 g/mol. The van der Waals surface area contributed by atoms with Crippen molar-refractivity contribution in [3.8, 4) is 11.4 Å². The summed E-state index contributed by atoms with van der Waals surface area (Å²) in [5.41, 5.74) is 3.14. The Labute approximate surface area is 147 Å². The lowest BCUT2D eigenvalue weighted by Crippen LogP contribution is -2.16. The minimum atomic E-state index is 0.483. The first-order valence-electron chi connectivity index (χ1n) is 9.24. The van der Waals surface area contributed by atoms with Crippen LogP contribution in [0, 0.1) is 6.92 Å². The van der Waals surface area contributed by atoms with Crippen LogP contribution >= 0.6 is 0 Å². The number of aryl methyl sites for hydroxylation is 2. The van der Waals surface area contributed by atoms with E-state index in [1.54, 1.807) is 0 Å². The first-order chi connectivity index (χ1) is 12.2. The number of anilines is 1. The van der Waals surface area contributed by atoms with Crippen LogP contribution in [0.25, 0.3) is 22.3 Å². The number of aromatic nitrogens is 3. The first-order valence-corrected chi connectivity index (χ1v) is 9.24. The van der Waals surface area contributed by atoms with Crippen molar-refractivity contribution in [2.24, 2.45) is 0 Å². The first kappa shape index (κ1) is 16.1. The molecular weight excluding hydrogens is 312 g/mol. The molecule has 0 bridgehead atoms. The van der Waals surface area contributed by atoms with Gasteiger partial charge in [0, 0.05) is 17.8 Å². The van der Waals surface area contributed by atoms with Gasteiger partial charge >= 0.3 is 0 Å². The van der Waals surface area contributed by atoms with Crippen molar-refractivity contribution in [1.29, 1.82) is 0 Å². The largest absolute Gasteiger partial charge is 0.367 e. The van der Waals surface area contributed by atoms with Crippen LogP contribution in [0.5, 0.6) is 0 Å². The average molecular weight is 336 g/mol. The third-order valence-electron chi connectivity index (χ3n) is 4.84. The fourth-order valence-electron chi connectivity index (χ4n) is 3.52. The van der Waals surface area contributed by atoms with E-state index in [1.165, 1.54) is 31.2 Å². The minimum Gasteiger partial charge on any atom is -0.367 e. The molecule has 0 radical (unpaired) electrons. The molecule has 1 aliphatic carbocycles. The Kier molecular flexibility index (Phi) is 4.38. The molecule has 2 aromatic heterocycles. The Balaban J connectivity index is 1.79. The molecule has 1 aliphatic rings. The van der Waals surface area contributed by atoms with E-state index in [1.807, 2.05) is 0 Å². The minimum absolute atomic E-state index is 0.483. The Morgan fingerprint density at radius 3 is 2.80 bits per heavy atom. The summed E-state index contributed by atoms with van der Waals surface area (Å²) < 4.78 is 5.40. The van der Waals surface area contributed by atoms with Gasteiger partial charge in [-0.25, -0.2) is 4.98 Å². The van der Waals surface area contributed by atoms with E-state index in [0.29, 0.717) is 17.8 Å². The predicted molar refractivity (Wildman–Crippen MR) is 99.6 cm³/mol. The van der Waals surface area contributed by atoms with Crippen molar-refractivity contribution in [2.45, 2.75) is 58.4 Å². The molecular formula is C20H24N4O. The summed E-state index contributed by atoms with van der Waals surface area (Å²) in [7, 11) is 0. The van der Waals surface area contributed by atoms with Crippen LogP contribution in [-0.4, -0.2) is 21.2 Å². The molecule has 4 rings (SSSR count). The Bertz CT molecular complexity index is 881. The average Bonchev–Trinajstić information content (AvgIpc) is 3.27. The molecule has 0 atom stereocenters. The molecule has 1 fully saturated rings. The lowest BCUT2D eigenvalue weighted by molar-refractivity contribution is 0.378. The summed E-state index contributed by atoms with van der Waals surface area (Å²) in [6.07, 6.45) is 6.74. The number of hydrogen-bond donors (Lipinski definition) is 1. The lowest BCUT2D eigenvalue weighted by Gasteiger charge is -2.16. The van der Waals surface area contributed by atoms with E-state index < -0.39 is 0 Å². The van der Waals surface area contributed by atoms with Crippen LogP contribution in [0.4, 0.5) is 5.82 Å². The number of rotatable bonds is 5. The molecule has 0 amide bonds. The van der Waals surface area contributed by atoms with Gasteiger partial charge in [-0.15, -0.1) is 0 Å². The summed E-state index contributed by atoms with van der Waals surface area (Å²) in [6, 6.07) is 8.94. The SMILES string of the molecule is CCCc1nc(-c2cc3cc(C)ccc3nc2NC2CCCC2)no1. The molecule has 2 heterocycles. The van der Waals surface area contributed by atoms with E-state index in [0.717, 1.165) is 35.1 Å². The second-order valence-electron chi connectivity index (χ2n) is 6.97. The standard InChI is InChI=1S/C20H24N4O/c1-3-6-18-23-20(24-25-18)16-12-14-11-13(2)9-10-17(14)22-19(16)21-15-7-4-5-8-15/h9-12,15H,3-8H2,1-2H3,(H,21,22). The number of hydrogen-bond acceptors (Lipinski definition) is 5. The number of nitrogens with one attached hydrogen (secondary N) is 1. The van der Waals surface area contributed by atoms with Crippen molar-refractivity contribution in [3.63, 3.8) is 0 Å². The normalized spacial score (nSPS) is 15.1. The van der Waals surface area contributed by atoms with Gasteiger partial charge in [-0.1, -0.05) is 36.6 Å². The molecule has 25 heavy (non-hydrogen) atoms. The van der Waals surface area contributed by atoms with Crippen molar-refractivity contribution in [3.05, 3.63) is 35.7 Å². The Morgan fingerprint density at radius 2 is 2.00 bits per heavy atom. The molecule has 1 aromatic carbocycles. The highest BCUT2D eigenvalue weighted by Crippen LogP contribution is 2.31. The van der Waals surface area contributed by atoms with Crippen LogP contribution in [-0.2, 0) is 6.42 Å². The van der Waals surface area contributed by atoms with Gasteiger partial charge in [0.15, 0.2) is 0 Å². The highest BCUT2D eigenvalue weighted by molar-refractivity contribution is 5.88. The van der Waals surface area contributed by atoms with Crippen molar-refractivity contribution >= 4 is 16.7 Å². The number of pyridine rings is 1. The van der Waals surface area contributed by atoms with E-state index in [-0.39, 0.29) is 0 Å². The number of nitrogens with zero attached hydrogens (tertiary/aromatic N) is 3. The lowest BCUT2D eigenvalue weighted by atomic mass is 10.1. The summed E-state index contributed by atoms with van der Waals surface area (Å²) in [4.78, 5) is 9.46. The molecule has 1 saturated carbocycles. The zero-order chi connectivity index (χ0) is 17.2. The molecule has 0 aliphatic heterocycles. The van der Waals surface area contributed by atoms with Gasteiger partial charge in [-0.3, -0.25) is 0 Å². The molecule has 130 valence electrons. The molecule has 1 N–H and O–H groups in total. The van der Waals surface area contributed by atoms with Crippen molar-refractivity contribution in [1.82, 2.24) is 15.1 Å². The highest BCUT2D eigenvalue weighted by Gasteiger charge is 2.20. The van der Waals surface area contributed by atoms with Gasteiger partial charge in [-0.2, -0.15) is 4.98 Å². The van der Waals surface area contributed by atoms with Crippen LogP contribution in [0.3, 0.4) is 0 Å². The quantitative estimate of drug-likeness (QED) is 0.718. The molecule has 5 heteroatoms. The molecule has 5 nitrogen and oxygen atoms in total. The van der Waals surface area contributed by atoms with Gasteiger partial charge in [-0.05, 0) is 44.4 Å². The maximum absolute atomic E-state index is 5.40. The van der Waals surface area contributed by atoms with Gasteiger partial charge in [0.2, 0.25) is 11.7 Å². The molecule has 0 unspecified atom stereocenters. The van der Waals surface area contributed by atoms with Gasteiger partial charge in [0.25, 0.3) is 0 Å². The summed E-state index contributed by atoms with van der Waals surface area (Å²) >= 11 is 0. The van der Waals surface area contributed by atoms with E-state index >= 15 is 0 Å². The number of benzene rings is 1. The second kappa shape index (κ2) is 6.82. The van der Waals surface area contributed by atoms with Crippen molar-refractivity contribution in [2.75, 3.05) is 5.32 Å². The zero-order valence-corrected chi connectivity index (χ0v) is 14.9. The maximum Gasteiger partial charge on any atom is 0.226 e. The third-order valence-corrected chi connectivity index (χ3v) is 4.84. The van der Waals surface area contributed by atoms with Crippen LogP contribution in [0.1, 0.15) is 50.5 Å².